The lowest BCUT2D eigenvalue weighted by molar-refractivity contribution is 0.194. The van der Waals surface area contributed by atoms with Crippen molar-refractivity contribution < 1.29 is 9.90 Å². The molecule has 28 heavy (non-hydrogen) atoms. The summed E-state index contributed by atoms with van der Waals surface area (Å²) in [4.78, 5) is 19.3. The quantitative estimate of drug-likeness (QED) is 0.371. The van der Waals surface area contributed by atoms with Gasteiger partial charge in [-0.3, -0.25) is 5.10 Å². The molecule has 1 amide bonds. The first-order valence-electron chi connectivity index (χ1n) is 8.74. The number of carboxylic acid groups (broad SMARTS) is 1. The van der Waals surface area contributed by atoms with E-state index in [2.05, 4.69) is 52.0 Å². The van der Waals surface area contributed by atoms with Gasteiger partial charge >= 0.3 is 6.09 Å². The smallest absolute Gasteiger partial charge is 0.404 e. The van der Waals surface area contributed by atoms with Crippen LogP contribution in [0.4, 0.5) is 28.1 Å². The van der Waals surface area contributed by atoms with Gasteiger partial charge in [0.2, 0.25) is 5.95 Å². The molecule has 1 aliphatic rings. The van der Waals surface area contributed by atoms with Crippen molar-refractivity contribution in [2.24, 2.45) is 0 Å². The molecule has 0 spiro atoms. The monoisotopic (exact) mass is 443 g/mol. The van der Waals surface area contributed by atoms with Crippen LogP contribution in [0, 0.1) is 0 Å². The third-order valence-corrected chi connectivity index (χ3v) is 4.84. The van der Waals surface area contributed by atoms with Gasteiger partial charge in [0.1, 0.15) is 0 Å². The Kier molecular flexibility index (Phi) is 5.11. The molecule has 9 nitrogen and oxygen atoms in total. The van der Waals surface area contributed by atoms with E-state index in [1.54, 1.807) is 6.20 Å². The van der Waals surface area contributed by atoms with Crippen LogP contribution in [-0.2, 0) is 6.54 Å². The van der Waals surface area contributed by atoms with E-state index in [1.165, 1.54) is 12.8 Å². The van der Waals surface area contributed by atoms with Gasteiger partial charge in [0.05, 0.1) is 4.47 Å². The number of hydrogen-bond donors (Lipinski definition) is 5. The fourth-order valence-corrected chi connectivity index (χ4v) is 2.94. The maximum absolute atomic E-state index is 10.6. The highest BCUT2D eigenvalue weighted by molar-refractivity contribution is 9.10. The third-order valence-electron chi connectivity index (χ3n) is 4.26. The summed E-state index contributed by atoms with van der Waals surface area (Å²) >= 11 is 3.45. The van der Waals surface area contributed by atoms with Crippen LogP contribution in [0.2, 0.25) is 0 Å². The summed E-state index contributed by atoms with van der Waals surface area (Å²) in [6.45, 7) is 0.255. The van der Waals surface area contributed by atoms with Gasteiger partial charge in [0.25, 0.3) is 0 Å². The molecule has 1 aliphatic carbocycles. The summed E-state index contributed by atoms with van der Waals surface area (Å²) in [6.07, 6.45) is 3.03. The summed E-state index contributed by atoms with van der Waals surface area (Å²) in [5.41, 5.74) is 2.80. The first kappa shape index (κ1) is 18.2. The van der Waals surface area contributed by atoms with Crippen LogP contribution in [0.15, 0.2) is 41.0 Å². The number of aromatic amines is 1. The number of anilines is 4. The van der Waals surface area contributed by atoms with Crippen molar-refractivity contribution in [1.82, 2.24) is 25.5 Å². The Labute approximate surface area is 169 Å². The van der Waals surface area contributed by atoms with Crippen LogP contribution in [-0.4, -0.2) is 31.4 Å². The molecular formula is C18H18BrN7O2. The summed E-state index contributed by atoms with van der Waals surface area (Å²) in [7, 11) is 0. The Bertz CT molecular complexity index is 986. The molecule has 2 heterocycles. The van der Waals surface area contributed by atoms with E-state index in [9.17, 15) is 4.79 Å². The second-order valence-electron chi connectivity index (χ2n) is 6.48. The summed E-state index contributed by atoms with van der Waals surface area (Å²) in [5, 5.41) is 24.6. The van der Waals surface area contributed by atoms with Gasteiger partial charge < -0.3 is 21.1 Å². The number of H-pyrrole nitrogens is 1. The molecule has 5 N–H and O–H groups in total. The molecule has 0 bridgehead atoms. The lowest BCUT2D eigenvalue weighted by Gasteiger charge is -2.09. The third kappa shape index (κ3) is 4.58. The number of benzene rings is 1. The lowest BCUT2D eigenvalue weighted by atomic mass is 10.2. The minimum atomic E-state index is -1.05. The van der Waals surface area contributed by atoms with Crippen molar-refractivity contribution in [1.29, 1.82) is 0 Å². The summed E-state index contributed by atoms with van der Waals surface area (Å²) < 4.78 is 0.726. The van der Waals surface area contributed by atoms with E-state index in [-0.39, 0.29) is 6.54 Å². The van der Waals surface area contributed by atoms with Crippen LogP contribution in [0.5, 0.6) is 0 Å². The molecule has 0 atom stereocenters. The number of nitrogens with zero attached hydrogens (tertiary/aromatic N) is 3. The van der Waals surface area contributed by atoms with Gasteiger partial charge in [-0.25, -0.2) is 9.78 Å². The first-order chi connectivity index (χ1) is 13.6. The molecule has 1 fully saturated rings. The molecule has 0 radical (unpaired) electrons. The summed E-state index contributed by atoms with van der Waals surface area (Å²) in [6, 6.07) is 9.35. The van der Waals surface area contributed by atoms with Gasteiger partial charge in [-0.15, -0.1) is 0 Å². The van der Waals surface area contributed by atoms with E-state index in [4.69, 9.17) is 5.11 Å². The molecule has 4 rings (SSSR count). The number of hydrogen-bond acceptors (Lipinski definition) is 6. The Morgan fingerprint density at radius 3 is 2.75 bits per heavy atom. The number of rotatable bonds is 7. The van der Waals surface area contributed by atoms with Gasteiger partial charge in [0.15, 0.2) is 11.6 Å². The van der Waals surface area contributed by atoms with Crippen LogP contribution in [0.25, 0.3) is 0 Å². The lowest BCUT2D eigenvalue weighted by Crippen LogP contribution is -2.19. The Morgan fingerprint density at radius 2 is 2.04 bits per heavy atom. The van der Waals surface area contributed by atoms with Crippen molar-refractivity contribution in [2.75, 3.05) is 10.6 Å². The number of nitrogens with one attached hydrogen (secondary N) is 4. The molecule has 3 aromatic rings. The van der Waals surface area contributed by atoms with Gasteiger partial charge in [0, 0.05) is 36.1 Å². The number of amides is 1. The zero-order valence-corrected chi connectivity index (χ0v) is 16.3. The largest absolute Gasteiger partial charge is 0.465 e. The zero-order valence-electron chi connectivity index (χ0n) is 14.7. The molecule has 1 saturated carbocycles. The standard InChI is InChI=1S/C18H18BrN7O2/c19-13-9-20-17(22-12-5-1-10(2-6-12)8-21-18(27)28)24-16(13)23-15-7-14(25-26-15)11-3-4-11/h1-2,5-7,9,11,21H,3-4,8H2,(H,27,28)(H3,20,22,23,24,25,26). The van der Waals surface area contributed by atoms with Crippen molar-refractivity contribution in [3.05, 3.63) is 52.3 Å². The molecule has 0 saturated heterocycles. The Hall–Kier alpha value is -3.14. The van der Waals surface area contributed by atoms with Gasteiger partial charge in [-0.1, -0.05) is 12.1 Å². The van der Waals surface area contributed by atoms with E-state index >= 15 is 0 Å². The average Bonchev–Trinajstić information content (AvgIpc) is 3.43. The van der Waals surface area contributed by atoms with Crippen molar-refractivity contribution in [2.45, 2.75) is 25.3 Å². The van der Waals surface area contributed by atoms with E-state index in [1.807, 2.05) is 30.3 Å². The number of carbonyl (C=O) groups is 1. The highest BCUT2D eigenvalue weighted by Crippen LogP contribution is 2.39. The highest BCUT2D eigenvalue weighted by Gasteiger charge is 2.25. The maximum atomic E-state index is 10.6. The SMILES string of the molecule is O=C(O)NCc1ccc(Nc2ncc(Br)c(Nc3cc(C4CC4)[nH]n3)n2)cc1. The predicted molar refractivity (Wildman–Crippen MR) is 108 cm³/mol. The maximum Gasteiger partial charge on any atom is 0.404 e. The minimum absolute atomic E-state index is 0.255. The van der Waals surface area contributed by atoms with Crippen LogP contribution >= 0.6 is 15.9 Å². The fraction of sp³-hybridized carbons (Fsp3) is 0.222. The van der Waals surface area contributed by atoms with Crippen molar-refractivity contribution >= 4 is 45.3 Å². The number of aromatic nitrogens is 4. The molecule has 0 aliphatic heterocycles. The van der Waals surface area contributed by atoms with Crippen LogP contribution in [0.1, 0.15) is 30.0 Å². The number of halogens is 1. The van der Waals surface area contributed by atoms with E-state index in [0.29, 0.717) is 23.5 Å². The van der Waals surface area contributed by atoms with Crippen molar-refractivity contribution in [3.63, 3.8) is 0 Å². The van der Waals surface area contributed by atoms with Gasteiger partial charge in [-0.05, 0) is 46.5 Å². The average molecular weight is 444 g/mol. The molecule has 144 valence electrons. The van der Waals surface area contributed by atoms with Crippen LogP contribution in [0.3, 0.4) is 0 Å². The minimum Gasteiger partial charge on any atom is -0.465 e. The van der Waals surface area contributed by atoms with Crippen molar-refractivity contribution in [3.8, 4) is 0 Å². The first-order valence-corrected chi connectivity index (χ1v) is 9.54. The second-order valence-corrected chi connectivity index (χ2v) is 7.33. The van der Waals surface area contributed by atoms with E-state index in [0.717, 1.165) is 21.4 Å². The normalized spacial score (nSPS) is 13.2. The van der Waals surface area contributed by atoms with E-state index < -0.39 is 6.09 Å². The topological polar surface area (TPSA) is 128 Å². The predicted octanol–water partition coefficient (Wildman–Crippen LogP) is 4.09. The fourth-order valence-electron chi connectivity index (χ4n) is 2.65. The molecular weight excluding hydrogens is 426 g/mol. The Morgan fingerprint density at radius 1 is 1.25 bits per heavy atom. The molecule has 2 aromatic heterocycles. The highest BCUT2D eigenvalue weighted by atomic mass is 79.9. The zero-order chi connectivity index (χ0) is 19.5. The van der Waals surface area contributed by atoms with Gasteiger partial charge in [-0.2, -0.15) is 10.1 Å². The molecule has 1 aromatic carbocycles. The Balaban J connectivity index is 1.43. The molecule has 0 unspecified atom stereocenters. The summed E-state index contributed by atoms with van der Waals surface area (Å²) in [5.74, 6) is 2.35. The molecule has 10 heteroatoms. The van der Waals surface area contributed by atoms with Crippen LogP contribution < -0.4 is 16.0 Å². The second kappa shape index (κ2) is 7.85.